The van der Waals surface area contributed by atoms with Gasteiger partial charge in [-0.1, -0.05) is 61.9 Å². The van der Waals surface area contributed by atoms with Crippen LogP contribution < -0.4 is 15.6 Å². The van der Waals surface area contributed by atoms with E-state index >= 15 is 0 Å². The Hall–Kier alpha value is -3.35. The quantitative estimate of drug-likeness (QED) is 0.729. The van der Waals surface area contributed by atoms with E-state index in [0.717, 1.165) is 42.9 Å². The molecule has 1 fully saturated rings. The fourth-order valence-corrected chi connectivity index (χ4v) is 4.48. The minimum atomic E-state index is -1.17. The number of nitrogens with zero attached hydrogens (tertiary/aromatic N) is 2. The van der Waals surface area contributed by atoms with Crippen molar-refractivity contribution in [3.63, 3.8) is 0 Å². The third kappa shape index (κ3) is 4.00. The van der Waals surface area contributed by atoms with E-state index in [-0.39, 0.29) is 12.5 Å². The van der Waals surface area contributed by atoms with Gasteiger partial charge in [-0.25, -0.2) is 4.79 Å². The van der Waals surface area contributed by atoms with Gasteiger partial charge in [0.05, 0.1) is 6.54 Å². The lowest BCUT2D eigenvalue weighted by Gasteiger charge is -2.29. The van der Waals surface area contributed by atoms with Crippen LogP contribution in [0.25, 0.3) is 0 Å². The summed E-state index contributed by atoms with van der Waals surface area (Å²) in [4.78, 5) is 40.7. The van der Waals surface area contributed by atoms with Gasteiger partial charge in [0.25, 0.3) is 11.8 Å². The van der Waals surface area contributed by atoms with Crippen LogP contribution in [0.3, 0.4) is 0 Å². The highest BCUT2D eigenvalue weighted by molar-refractivity contribution is 6.08. The Balaban J connectivity index is 1.50. The lowest BCUT2D eigenvalue weighted by Crippen LogP contribution is -2.51. The van der Waals surface area contributed by atoms with E-state index < -0.39 is 17.5 Å². The number of para-hydroxylation sites is 1. The van der Waals surface area contributed by atoms with Gasteiger partial charge in [-0.15, -0.1) is 0 Å². The molecule has 4 amide bonds. The number of hydrogen-bond acceptors (Lipinski definition) is 4. The number of hydrogen-bond donors (Lipinski definition) is 2. The Morgan fingerprint density at radius 3 is 2.55 bits per heavy atom. The molecule has 0 aliphatic carbocycles. The molecule has 4 rings (SSSR count). The number of imide groups is 1. The summed E-state index contributed by atoms with van der Waals surface area (Å²) in [6.07, 6.45) is 4.61. The number of urea groups is 1. The van der Waals surface area contributed by atoms with Crippen molar-refractivity contribution in [3.05, 3.63) is 65.7 Å². The molecular weight excluding hydrogens is 392 g/mol. The average Bonchev–Trinajstić information content (AvgIpc) is 3.02. The van der Waals surface area contributed by atoms with E-state index in [1.807, 2.05) is 60.4 Å². The summed E-state index contributed by atoms with van der Waals surface area (Å²) in [5.41, 5.74) is 4.34. The van der Waals surface area contributed by atoms with Gasteiger partial charge in [-0.05, 0) is 42.9 Å². The van der Waals surface area contributed by atoms with Crippen LogP contribution in [0.15, 0.2) is 54.6 Å². The number of amides is 4. The zero-order valence-electron chi connectivity index (χ0n) is 17.8. The van der Waals surface area contributed by atoms with Gasteiger partial charge in [-0.3, -0.25) is 15.0 Å². The van der Waals surface area contributed by atoms with Crippen LogP contribution in [0.4, 0.5) is 10.5 Å². The fourth-order valence-electron chi connectivity index (χ4n) is 4.48. The number of rotatable bonds is 5. The zero-order valence-corrected chi connectivity index (χ0v) is 17.8. The lowest BCUT2D eigenvalue weighted by atomic mass is 9.87. The van der Waals surface area contributed by atoms with Gasteiger partial charge < -0.3 is 10.2 Å². The predicted octanol–water partition coefficient (Wildman–Crippen LogP) is 3.11. The standard InChI is InChI=1S/C24H28N4O3/c1-2-24(19-13-6-3-7-14-19)22(30)28(23(31)25-24)26-21(29)17-27-16-10-4-5-11-18-12-8-9-15-20(18)27/h3,6-9,12-15H,2,4-5,10-11,16-17H2,1H3,(H,25,31)(H,26,29)/t24-/m1/s1. The molecule has 1 atom stereocenters. The van der Waals surface area contributed by atoms with E-state index in [2.05, 4.69) is 16.8 Å². The highest BCUT2D eigenvalue weighted by Crippen LogP contribution is 2.31. The predicted molar refractivity (Wildman–Crippen MR) is 118 cm³/mol. The van der Waals surface area contributed by atoms with Gasteiger partial charge in [0.15, 0.2) is 0 Å². The number of anilines is 1. The van der Waals surface area contributed by atoms with E-state index in [4.69, 9.17) is 0 Å². The number of aryl methyl sites for hydroxylation is 1. The molecule has 2 N–H and O–H groups in total. The smallest absolute Gasteiger partial charge is 0.344 e. The van der Waals surface area contributed by atoms with Crippen LogP contribution in [0.2, 0.25) is 0 Å². The van der Waals surface area contributed by atoms with Crippen molar-refractivity contribution < 1.29 is 14.4 Å². The minimum Gasteiger partial charge on any atom is -0.362 e. The molecule has 0 spiro atoms. The molecule has 0 aromatic heterocycles. The van der Waals surface area contributed by atoms with Gasteiger partial charge in [0.1, 0.15) is 5.54 Å². The van der Waals surface area contributed by atoms with Crippen molar-refractivity contribution >= 4 is 23.5 Å². The Bertz CT molecular complexity index is 978. The lowest BCUT2D eigenvalue weighted by molar-refractivity contribution is -0.139. The Labute approximate surface area is 182 Å². The number of benzene rings is 2. The Morgan fingerprint density at radius 2 is 1.77 bits per heavy atom. The monoisotopic (exact) mass is 420 g/mol. The van der Waals surface area contributed by atoms with Crippen LogP contribution in [-0.2, 0) is 21.5 Å². The molecule has 0 saturated carbocycles. The van der Waals surface area contributed by atoms with Crippen LogP contribution in [0.5, 0.6) is 0 Å². The third-order valence-electron chi connectivity index (χ3n) is 6.17. The maximum absolute atomic E-state index is 13.2. The van der Waals surface area contributed by atoms with E-state index in [9.17, 15) is 14.4 Å². The third-order valence-corrected chi connectivity index (χ3v) is 6.17. The first-order chi connectivity index (χ1) is 15.0. The van der Waals surface area contributed by atoms with Gasteiger partial charge >= 0.3 is 6.03 Å². The average molecular weight is 421 g/mol. The zero-order chi connectivity index (χ0) is 21.8. The maximum Gasteiger partial charge on any atom is 0.344 e. The molecule has 162 valence electrons. The van der Waals surface area contributed by atoms with Gasteiger partial charge in [0.2, 0.25) is 0 Å². The van der Waals surface area contributed by atoms with Crippen molar-refractivity contribution in [2.75, 3.05) is 18.0 Å². The first-order valence-electron chi connectivity index (χ1n) is 10.9. The van der Waals surface area contributed by atoms with Crippen LogP contribution in [0.1, 0.15) is 43.7 Å². The molecule has 2 aromatic rings. The molecule has 2 aliphatic heterocycles. The molecule has 2 aliphatic rings. The molecule has 7 nitrogen and oxygen atoms in total. The van der Waals surface area contributed by atoms with Crippen LogP contribution >= 0.6 is 0 Å². The maximum atomic E-state index is 13.2. The summed E-state index contributed by atoms with van der Waals surface area (Å²) in [7, 11) is 0. The van der Waals surface area contributed by atoms with Crippen molar-refractivity contribution in [1.29, 1.82) is 0 Å². The van der Waals surface area contributed by atoms with E-state index in [0.29, 0.717) is 12.0 Å². The Kier molecular flexibility index (Phi) is 5.93. The second-order valence-electron chi connectivity index (χ2n) is 8.09. The highest BCUT2D eigenvalue weighted by atomic mass is 16.2. The summed E-state index contributed by atoms with van der Waals surface area (Å²) >= 11 is 0. The molecule has 0 radical (unpaired) electrons. The summed E-state index contributed by atoms with van der Waals surface area (Å²) in [6, 6.07) is 16.6. The molecule has 0 unspecified atom stereocenters. The summed E-state index contributed by atoms with van der Waals surface area (Å²) < 4.78 is 0. The van der Waals surface area contributed by atoms with Crippen molar-refractivity contribution in [3.8, 4) is 0 Å². The number of carbonyl (C=O) groups excluding carboxylic acids is 3. The molecule has 31 heavy (non-hydrogen) atoms. The minimum absolute atomic E-state index is 0.0819. The normalized spacial score (nSPS) is 21.2. The number of carbonyl (C=O) groups is 3. The van der Waals surface area contributed by atoms with Crippen LogP contribution in [0, 0.1) is 0 Å². The van der Waals surface area contributed by atoms with Crippen molar-refractivity contribution in [2.24, 2.45) is 0 Å². The van der Waals surface area contributed by atoms with Crippen LogP contribution in [-0.4, -0.2) is 35.9 Å². The number of fused-ring (bicyclic) bond motifs is 1. The molecule has 2 aromatic carbocycles. The molecule has 2 heterocycles. The molecule has 7 heteroatoms. The second-order valence-corrected chi connectivity index (χ2v) is 8.09. The van der Waals surface area contributed by atoms with E-state index in [1.54, 1.807) is 0 Å². The van der Waals surface area contributed by atoms with Gasteiger partial charge in [0, 0.05) is 12.2 Å². The topological polar surface area (TPSA) is 81.8 Å². The largest absolute Gasteiger partial charge is 0.362 e. The molecule has 0 bridgehead atoms. The van der Waals surface area contributed by atoms with Crippen molar-refractivity contribution in [2.45, 2.75) is 44.6 Å². The second kappa shape index (κ2) is 8.79. The first kappa shape index (κ1) is 20.9. The highest BCUT2D eigenvalue weighted by Gasteiger charge is 2.52. The number of nitrogens with one attached hydrogen (secondary N) is 2. The van der Waals surface area contributed by atoms with E-state index in [1.165, 1.54) is 5.56 Å². The van der Waals surface area contributed by atoms with Gasteiger partial charge in [-0.2, -0.15) is 5.01 Å². The SMILES string of the molecule is CC[C@]1(c2ccccc2)NC(=O)N(NC(=O)CN2CCCCCc3ccccc32)C1=O. The summed E-state index contributed by atoms with van der Waals surface area (Å²) in [5, 5.41) is 3.61. The summed E-state index contributed by atoms with van der Waals surface area (Å²) in [5.74, 6) is -0.855. The Morgan fingerprint density at radius 1 is 1.03 bits per heavy atom. The first-order valence-corrected chi connectivity index (χ1v) is 10.9. The summed E-state index contributed by atoms with van der Waals surface area (Å²) in [6.45, 7) is 2.68. The fraction of sp³-hybridized carbons (Fsp3) is 0.375. The van der Waals surface area contributed by atoms with Crippen molar-refractivity contribution in [1.82, 2.24) is 15.8 Å². The molecular formula is C24H28N4O3. The molecule has 1 saturated heterocycles. The number of hydrazine groups is 1.